The lowest BCUT2D eigenvalue weighted by Crippen LogP contribution is -2.28. The molecular weight excluding hydrogens is 250 g/mol. The van der Waals surface area contributed by atoms with Gasteiger partial charge in [0.1, 0.15) is 0 Å². The molecule has 20 heavy (non-hydrogen) atoms. The highest BCUT2D eigenvalue weighted by Crippen LogP contribution is 2.18. The summed E-state index contributed by atoms with van der Waals surface area (Å²) in [4.78, 5) is 0. The molecule has 1 aliphatic rings. The molecule has 0 bridgehead atoms. The van der Waals surface area contributed by atoms with E-state index in [2.05, 4.69) is 43.4 Å². The van der Waals surface area contributed by atoms with Crippen molar-refractivity contribution >= 4 is 0 Å². The topological polar surface area (TPSA) is 30.5 Å². The SMILES string of the molecule is CCCc1ccc(C(COC2CCOC2)NCC)cc1. The van der Waals surface area contributed by atoms with E-state index in [9.17, 15) is 0 Å². The summed E-state index contributed by atoms with van der Waals surface area (Å²) in [5.74, 6) is 0. The highest BCUT2D eigenvalue weighted by atomic mass is 16.5. The van der Waals surface area contributed by atoms with Gasteiger partial charge in [0.05, 0.1) is 25.4 Å². The van der Waals surface area contributed by atoms with Gasteiger partial charge in [-0.3, -0.25) is 0 Å². The van der Waals surface area contributed by atoms with E-state index in [0.29, 0.717) is 0 Å². The predicted octanol–water partition coefficient (Wildman–Crippen LogP) is 3.10. The van der Waals surface area contributed by atoms with Crippen molar-refractivity contribution in [1.82, 2.24) is 5.32 Å². The normalized spacial score (nSPS) is 20.2. The maximum atomic E-state index is 5.96. The first kappa shape index (κ1) is 15.5. The first-order valence-electron chi connectivity index (χ1n) is 7.85. The molecule has 3 nitrogen and oxygen atoms in total. The summed E-state index contributed by atoms with van der Waals surface area (Å²) in [7, 11) is 0. The largest absolute Gasteiger partial charge is 0.379 e. The standard InChI is InChI=1S/C17H27NO2/c1-3-5-14-6-8-15(9-7-14)17(18-4-2)13-20-16-10-11-19-12-16/h6-9,16-18H,3-5,10-13H2,1-2H3. The Morgan fingerprint density at radius 1 is 1.30 bits per heavy atom. The monoisotopic (exact) mass is 277 g/mol. The van der Waals surface area contributed by atoms with E-state index in [1.165, 1.54) is 17.5 Å². The summed E-state index contributed by atoms with van der Waals surface area (Å²) >= 11 is 0. The van der Waals surface area contributed by atoms with Crippen molar-refractivity contribution in [3.05, 3.63) is 35.4 Å². The van der Waals surface area contributed by atoms with E-state index in [0.717, 1.165) is 39.2 Å². The fraction of sp³-hybridized carbons (Fsp3) is 0.647. The van der Waals surface area contributed by atoms with Crippen molar-refractivity contribution in [2.75, 3.05) is 26.4 Å². The number of hydrogen-bond donors (Lipinski definition) is 1. The van der Waals surface area contributed by atoms with Gasteiger partial charge in [-0.2, -0.15) is 0 Å². The number of rotatable bonds is 8. The van der Waals surface area contributed by atoms with Crippen LogP contribution in [0.25, 0.3) is 0 Å². The Labute approximate surface area is 122 Å². The third-order valence-corrected chi connectivity index (χ3v) is 3.76. The van der Waals surface area contributed by atoms with Crippen LogP contribution in [0.3, 0.4) is 0 Å². The Bertz CT molecular complexity index is 371. The second-order valence-corrected chi connectivity index (χ2v) is 5.42. The quantitative estimate of drug-likeness (QED) is 0.792. The Morgan fingerprint density at radius 2 is 2.10 bits per heavy atom. The predicted molar refractivity (Wildman–Crippen MR) is 82.0 cm³/mol. The van der Waals surface area contributed by atoms with Crippen molar-refractivity contribution in [3.8, 4) is 0 Å². The molecule has 0 aromatic heterocycles. The molecule has 1 N–H and O–H groups in total. The summed E-state index contributed by atoms with van der Waals surface area (Å²) in [6, 6.07) is 9.21. The van der Waals surface area contributed by atoms with Gasteiger partial charge < -0.3 is 14.8 Å². The highest BCUT2D eigenvalue weighted by Gasteiger charge is 2.18. The van der Waals surface area contributed by atoms with Gasteiger partial charge in [-0.25, -0.2) is 0 Å². The number of ether oxygens (including phenoxy) is 2. The first-order chi connectivity index (χ1) is 9.83. The van der Waals surface area contributed by atoms with Crippen molar-refractivity contribution in [3.63, 3.8) is 0 Å². The molecule has 0 saturated carbocycles. The van der Waals surface area contributed by atoms with Crippen molar-refractivity contribution in [2.45, 2.75) is 45.3 Å². The number of aryl methyl sites for hydroxylation is 1. The van der Waals surface area contributed by atoms with Gasteiger partial charge in [-0.15, -0.1) is 0 Å². The van der Waals surface area contributed by atoms with Crippen LogP contribution in [0.5, 0.6) is 0 Å². The van der Waals surface area contributed by atoms with Gasteiger partial charge in [-0.05, 0) is 30.5 Å². The van der Waals surface area contributed by atoms with Crippen LogP contribution >= 0.6 is 0 Å². The lowest BCUT2D eigenvalue weighted by molar-refractivity contribution is 0.0300. The van der Waals surface area contributed by atoms with Crippen LogP contribution in [0, 0.1) is 0 Å². The molecule has 1 aromatic rings. The Morgan fingerprint density at radius 3 is 2.70 bits per heavy atom. The molecule has 1 fully saturated rings. The molecule has 112 valence electrons. The second-order valence-electron chi connectivity index (χ2n) is 5.42. The van der Waals surface area contributed by atoms with Gasteiger partial charge in [0, 0.05) is 6.61 Å². The molecule has 0 aliphatic carbocycles. The molecule has 0 amide bonds. The molecule has 0 spiro atoms. The van der Waals surface area contributed by atoms with Crippen LogP contribution in [0.1, 0.15) is 43.9 Å². The van der Waals surface area contributed by atoms with Gasteiger partial charge in [0.2, 0.25) is 0 Å². The molecule has 3 heteroatoms. The van der Waals surface area contributed by atoms with E-state index < -0.39 is 0 Å². The molecule has 2 unspecified atom stereocenters. The average Bonchev–Trinajstić information content (AvgIpc) is 2.98. The lowest BCUT2D eigenvalue weighted by Gasteiger charge is -2.21. The molecule has 0 radical (unpaired) electrons. The molecule has 1 aliphatic heterocycles. The Kier molecular flexibility index (Phi) is 6.51. The van der Waals surface area contributed by atoms with E-state index >= 15 is 0 Å². The summed E-state index contributed by atoms with van der Waals surface area (Å²) in [6.07, 6.45) is 3.65. The number of likely N-dealkylation sites (N-methyl/N-ethyl adjacent to an activating group) is 1. The van der Waals surface area contributed by atoms with Crippen molar-refractivity contribution in [1.29, 1.82) is 0 Å². The molecule has 1 saturated heterocycles. The van der Waals surface area contributed by atoms with Gasteiger partial charge in [0.15, 0.2) is 0 Å². The average molecular weight is 277 g/mol. The van der Waals surface area contributed by atoms with Crippen LogP contribution in [0.4, 0.5) is 0 Å². The van der Waals surface area contributed by atoms with Gasteiger partial charge in [0.25, 0.3) is 0 Å². The summed E-state index contributed by atoms with van der Waals surface area (Å²) in [6.45, 7) is 7.60. The van der Waals surface area contributed by atoms with Gasteiger partial charge >= 0.3 is 0 Å². The van der Waals surface area contributed by atoms with Crippen LogP contribution < -0.4 is 5.32 Å². The van der Waals surface area contributed by atoms with Crippen LogP contribution in [-0.4, -0.2) is 32.5 Å². The van der Waals surface area contributed by atoms with Crippen molar-refractivity contribution < 1.29 is 9.47 Å². The maximum Gasteiger partial charge on any atom is 0.0831 e. The molecule has 2 atom stereocenters. The van der Waals surface area contributed by atoms with E-state index in [4.69, 9.17) is 9.47 Å². The van der Waals surface area contributed by atoms with Crippen LogP contribution in [0.15, 0.2) is 24.3 Å². The molecule has 2 rings (SSSR count). The first-order valence-corrected chi connectivity index (χ1v) is 7.85. The fourth-order valence-electron chi connectivity index (χ4n) is 2.60. The van der Waals surface area contributed by atoms with Crippen LogP contribution in [0.2, 0.25) is 0 Å². The third kappa shape index (κ3) is 4.58. The van der Waals surface area contributed by atoms with Gasteiger partial charge in [-0.1, -0.05) is 44.5 Å². The van der Waals surface area contributed by atoms with E-state index in [-0.39, 0.29) is 12.1 Å². The minimum atomic E-state index is 0.274. The number of nitrogens with one attached hydrogen (secondary N) is 1. The highest BCUT2D eigenvalue weighted by molar-refractivity contribution is 5.25. The van der Waals surface area contributed by atoms with Crippen LogP contribution in [-0.2, 0) is 15.9 Å². The van der Waals surface area contributed by atoms with E-state index in [1.54, 1.807) is 0 Å². The molecule has 1 aromatic carbocycles. The summed E-state index contributed by atoms with van der Waals surface area (Å²) < 4.78 is 11.3. The lowest BCUT2D eigenvalue weighted by atomic mass is 10.0. The number of hydrogen-bond acceptors (Lipinski definition) is 3. The summed E-state index contributed by atoms with van der Waals surface area (Å²) in [5, 5.41) is 3.51. The van der Waals surface area contributed by atoms with Crippen molar-refractivity contribution in [2.24, 2.45) is 0 Å². The molecule has 1 heterocycles. The zero-order valence-electron chi connectivity index (χ0n) is 12.7. The minimum absolute atomic E-state index is 0.274. The minimum Gasteiger partial charge on any atom is -0.379 e. The Balaban J connectivity index is 1.91. The molecular formula is C17H27NO2. The van der Waals surface area contributed by atoms with E-state index in [1.807, 2.05) is 0 Å². The maximum absolute atomic E-state index is 5.96. The summed E-state index contributed by atoms with van der Waals surface area (Å²) in [5.41, 5.74) is 2.72. The zero-order valence-corrected chi connectivity index (χ0v) is 12.7. The fourth-order valence-corrected chi connectivity index (χ4v) is 2.60. The second kappa shape index (κ2) is 8.40. The smallest absolute Gasteiger partial charge is 0.0831 e. The zero-order chi connectivity index (χ0) is 14.2. The Hall–Kier alpha value is -0.900. The number of benzene rings is 1. The third-order valence-electron chi connectivity index (χ3n) is 3.76.